The zero-order valence-corrected chi connectivity index (χ0v) is 14.3. The first-order valence-corrected chi connectivity index (χ1v) is 8.51. The predicted octanol–water partition coefficient (Wildman–Crippen LogP) is 1.78. The summed E-state index contributed by atoms with van der Waals surface area (Å²) in [6.07, 6.45) is 3.14. The lowest BCUT2D eigenvalue weighted by atomic mass is 9.97. The number of para-hydroxylation sites is 1. The van der Waals surface area contributed by atoms with Gasteiger partial charge in [0.2, 0.25) is 0 Å². The highest BCUT2D eigenvalue weighted by atomic mass is 16.3. The molecular formula is C18H13N7O3. The van der Waals surface area contributed by atoms with Crippen LogP contribution < -0.4 is 16.6 Å². The fourth-order valence-corrected chi connectivity index (χ4v) is 3.70. The third-order valence-electron chi connectivity index (χ3n) is 4.88. The van der Waals surface area contributed by atoms with Gasteiger partial charge in [0.05, 0.1) is 17.3 Å². The summed E-state index contributed by atoms with van der Waals surface area (Å²) in [5.41, 5.74) is 3.34. The third kappa shape index (κ3) is 2.28. The summed E-state index contributed by atoms with van der Waals surface area (Å²) in [5, 5.41) is 15.4. The molecule has 1 aliphatic rings. The van der Waals surface area contributed by atoms with E-state index in [0.717, 1.165) is 27.8 Å². The van der Waals surface area contributed by atoms with E-state index in [1.54, 1.807) is 6.20 Å². The van der Waals surface area contributed by atoms with Crippen molar-refractivity contribution < 1.29 is 0 Å². The van der Waals surface area contributed by atoms with Crippen LogP contribution in [0.25, 0.3) is 22.2 Å². The second kappa shape index (κ2) is 5.98. The van der Waals surface area contributed by atoms with E-state index < -0.39 is 17.3 Å². The van der Waals surface area contributed by atoms with E-state index in [4.69, 9.17) is 0 Å². The van der Waals surface area contributed by atoms with Crippen molar-refractivity contribution in [3.63, 3.8) is 0 Å². The van der Waals surface area contributed by atoms with Gasteiger partial charge in [0, 0.05) is 40.2 Å². The molecule has 5 rings (SSSR count). The van der Waals surface area contributed by atoms with Crippen molar-refractivity contribution in [2.45, 2.75) is 12.6 Å². The summed E-state index contributed by atoms with van der Waals surface area (Å²) in [4.78, 5) is 42.7. The van der Waals surface area contributed by atoms with Gasteiger partial charge in [0.25, 0.3) is 5.56 Å². The van der Waals surface area contributed by atoms with Crippen molar-refractivity contribution in [3.8, 4) is 11.1 Å². The third-order valence-corrected chi connectivity index (χ3v) is 4.88. The normalized spacial score (nSPS) is 14.9. The molecule has 0 saturated carbocycles. The molecule has 0 amide bonds. The van der Waals surface area contributed by atoms with E-state index in [9.17, 15) is 14.5 Å². The summed E-state index contributed by atoms with van der Waals surface area (Å²) < 4.78 is 0. The maximum absolute atomic E-state index is 12.5. The maximum atomic E-state index is 12.5. The summed E-state index contributed by atoms with van der Waals surface area (Å²) in [5.74, 6) is 0. The second-order valence-electron chi connectivity index (χ2n) is 6.43. The molecular weight excluding hydrogens is 362 g/mol. The minimum absolute atomic E-state index is 0.124. The molecule has 1 aromatic carbocycles. The molecule has 0 fully saturated rings. The van der Waals surface area contributed by atoms with Crippen molar-refractivity contribution >= 4 is 16.7 Å². The highest BCUT2D eigenvalue weighted by Gasteiger charge is 2.29. The Hall–Kier alpha value is -4.08. The van der Waals surface area contributed by atoms with Gasteiger partial charge in [-0.3, -0.25) is 9.78 Å². The van der Waals surface area contributed by atoms with Crippen LogP contribution in [0.2, 0.25) is 0 Å². The van der Waals surface area contributed by atoms with E-state index >= 15 is 0 Å². The molecule has 0 radical (unpaired) electrons. The molecule has 138 valence electrons. The Morgan fingerprint density at radius 2 is 1.86 bits per heavy atom. The Kier molecular flexibility index (Phi) is 3.44. The Morgan fingerprint density at radius 1 is 1.04 bits per heavy atom. The van der Waals surface area contributed by atoms with Gasteiger partial charge in [-0.2, -0.15) is 10.0 Å². The zero-order chi connectivity index (χ0) is 19.3. The minimum atomic E-state index is -0.576. The second-order valence-corrected chi connectivity index (χ2v) is 6.43. The van der Waals surface area contributed by atoms with Crippen LogP contribution in [-0.4, -0.2) is 25.1 Å². The van der Waals surface area contributed by atoms with Crippen molar-refractivity contribution in [1.29, 1.82) is 0 Å². The number of aromatic nitrogens is 5. The van der Waals surface area contributed by atoms with E-state index in [-0.39, 0.29) is 6.54 Å². The summed E-state index contributed by atoms with van der Waals surface area (Å²) in [7, 11) is 0. The number of nitrogens with zero attached hydrogens (tertiary/aromatic N) is 3. The SMILES string of the molecule is O=NCc1nnc2[nH]cc3c2c1-c1ccccc1NC3c1c[nH]c(=O)[nH]c1=O. The number of rotatable bonds is 3. The average Bonchev–Trinajstić information content (AvgIpc) is 3.05. The number of aromatic amines is 3. The van der Waals surface area contributed by atoms with E-state index in [1.807, 2.05) is 24.3 Å². The summed E-state index contributed by atoms with van der Waals surface area (Å²) in [6.45, 7) is -0.124. The van der Waals surface area contributed by atoms with Crippen LogP contribution in [0.3, 0.4) is 0 Å². The number of hydrogen-bond donors (Lipinski definition) is 4. The lowest BCUT2D eigenvalue weighted by Gasteiger charge is -2.18. The molecule has 4 aromatic rings. The Balaban J connectivity index is 1.89. The van der Waals surface area contributed by atoms with Crippen molar-refractivity contribution in [2.24, 2.45) is 5.18 Å². The van der Waals surface area contributed by atoms with Gasteiger partial charge in [0.15, 0.2) is 5.65 Å². The number of H-pyrrole nitrogens is 3. The number of anilines is 1. The molecule has 0 spiro atoms. The first-order valence-electron chi connectivity index (χ1n) is 8.51. The largest absolute Gasteiger partial charge is 0.373 e. The van der Waals surface area contributed by atoms with Crippen LogP contribution >= 0.6 is 0 Å². The lowest BCUT2D eigenvalue weighted by molar-refractivity contribution is 0.881. The monoisotopic (exact) mass is 375 g/mol. The van der Waals surface area contributed by atoms with Crippen molar-refractivity contribution in [3.05, 3.63) is 79.2 Å². The first-order chi connectivity index (χ1) is 13.7. The molecule has 10 nitrogen and oxygen atoms in total. The fourth-order valence-electron chi connectivity index (χ4n) is 3.70. The lowest BCUT2D eigenvalue weighted by Crippen LogP contribution is -2.28. The van der Waals surface area contributed by atoms with E-state index in [0.29, 0.717) is 16.9 Å². The molecule has 10 heteroatoms. The molecule has 4 N–H and O–H groups in total. The summed E-state index contributed by atoms with van der Waals surface area (Å²) in [6, 6.07) is 6.97. The molecule has 28 heavy (non-hydrogen) atoms. The zero-order valence-electron chi connectivity index (χ0n) is 14.3. The number of nitroso groups, excluding NO2 is 1. The maximum Gasteiger partial charge on any atom is 0.325 e. The van der Waals surface area contributed by atoms with Gasteiger partial charge in [-0.15, -0.1) is 5.10 Å². The van der Waals surface area contributed by atoms with E-state index in [2.05, 4.69) is 35.6 Å². The number of benzene rings is 1. The molecule has 1 aliphatic heterocycles. The number of nitrogens with one attached hydrogen (secondary N) is 4. The van der Waals surface area contributed by atoms with Gasteiger partial charge in [-0.05, 0) is 6.07 Å². The Bertz CT molecular complexity index is 1350. The highest BCUT2D eigenvalue weighted by Crippen LogP contribution is 2.43. The molecule has 0 aliphatic carbocycles. The Morgan fingerprint density at radius 3 is 2.68 bits per heavy atom. The standard InChI is InChI=1S/C18H13N7O3/c26-17-10(6-20-18(27)23-17)15-9-5-19-16-14(9)13(12(7-21-28)24-25-16)8-3-1-2-4-11(8)22-15/h1-6,15,22H,7H2,(H,19,25)(H2,20,23,26,27). The molecule has 4 heterocycles. The molecule has 1 unspecified atom stereocenters. The van der Waals surface area contributed by atoms with Crippen LogP contribution in [0.5, 0.6) is 0 Å². The van der Waals surface area contributed by atoms with Crippen molar-refractivity contribution in [2.75, 3.05) is 5.32 Å². The highest BCUT2D eigenvalue weighted by molar-refractivity contribution is 6.02. The molecule has 3 aromatic heterocycles. The van der Waals surface area contributed by atoms with Crippen LogP contribution in [-0.2, 0) is 6.54 Å². The van der Waals surface area contributed by atoms with Crippen LogP contribution in [0, 0.1) is 4.91 Å². The van der Waals surface area contributed by atoms with Crippen LogP contribution in [0.15, 0.2) is 51.4 Å². The van der Waals surface area contributed by atoms with E-state index in [1.165, 1.54) is 6.20 Å². The first kappa shape index (κ1) is 16.1. The van der Waals surface area contributed by atoms with Gasteiger partial charge < -0.3 is 15.3 Å². The summed E-state index contributed by atoms with van der Waals surface area (Å²) >= 11 is 0. The molecule has 1 atom stereocenters. The van der Waals surface area contributed by atoms with Gasteiger partial charge in [-0.1, -0.05) is 23.4 Å². The number of fused-ring (bicyclic) bond motifs is 2. The fraction of sp³-hybridized carbons (Fsp3) is 0.111. The van der Waals surface area contributed by atoms with Crippen molar-refractivity contribution in [1.82, 2.24) is 25.1 Å². The quantitative estimate of drug-likeness (QED) is 0.401. The predicted molar refractivity (Wildman–Crippen MR) is 102 cm³/mol. The van der Waals surface area contributed by atoms with Crippen LogP contribution in [0.1, 0.15) is 22.9 Å². The van der Waals surface area contributed by atoms with Gasteiger partial charge in [-0.25, -0.2) is 4.79 Å². The van der Waals surface area contributed by atoms with Gasteiger partial charge >= 0.3 is 5.69 Å². The number of hydrogen-bond acceptors (Lipinski definition) is 7. The smallest absolute Gasteiger partial charge is 0.325 e. The average molecular weight is 375 g/mol. The van der Waals surface area contributed by atoms with Gasteiger partial charge in [0.1, 0.15) is 6.54 Å². The van der Waals surface area contributed by atoms with Crippen LogP contribution in [0.4, 0.5) is 5.69 Å². The molecule has 0 saturated heterocycles. The topological polar surface area (TPSA) is 149 Å². The molecule has 0 bridgehead atoms. The Labute approximate surface area is 156 Å². The minimum Gasteiger partial charge on any atom is -0.373 e.